The second kappa shape index (κ2) is 8.05. The summed E-state index contributed by atoms with van der Waals surface area (Å²) in [7, 11) is 6.64. The van der Waals surface area contributed by atoms with Gasteiger partial charge in [-0.2, -0.15) is 0 Å². The van der Waals surface area contributed by atoms with E-state index in [2.05, 4.69) is 28.1 Å². The Balaban J connectivity index is 0. The monoisotopic (exact) mass is 189 g/mol. The van der Waals surface area contributed by atoms with Crippen LogP contribution in [0, 0.1) is 0 Å². The number of aliphatic carboxylic acids is 1. The Morgan fingerprint density at radius 2 is 1.62 bits per heavy atom. The van der Waals surface area contributed by atoms with Crippen LogP contribution < -0.4 is 5.11 Å². The lowest BCUT2D eigenvalue weighted by Gasteiger charge is -2.22. The lowest BCUT2D eigenvalue weighted by molar-refractivity contribution is -0.870. The van der Waals surface area contributed by atoms with Crippen LogP contribution in [0.1, 0.15) is 33.1 Å². The topological polar surface area (TPSA) is 40.1 Å². The van der Waals surface area contributed by atoms with Crippen LogP contribution in [0.4, 0.5) is 0 Å². The predicted molar refractivity (Wildman–Crippen MR) is 53.1 cm³/mol. The summed E-state index contributed by atoms with van der Waals surface area (Å²) in [5.74, 6) is -0.961. The molecule has 0 unspecified atom stereocenters. The van der Waals surface area contributed by atoms with E-state index in [1.165, 1.54) is 13.0 Å². The van der Waals surface area contributed by atoms with E-state index in [-0.39, 0.29) is 6.42 Å². The lowest BCUT2D eigenvalue weighted by Crippen LogP contribution is -2.34. The van der Waals surface area contributed by atoms with Crippen molar-refractivity contribution in [3.63, 3.8) is 0 Å². The van der Waals surface area contributed by atoms with E-state index in [0.717, 1.165) is 4.48 Å². The maximum absolute atomic E-state index is 9.49. The second-order valence-electron chi connectivity index (χ2n) is 4.14. The first-order chi connectivity index (χ1) is 5.83. The van der Waals surface area contributed by atoms with Crippen LogP contribution in [0.2, 0.25) is 0 Å². The Hall–Kier alpha value is -0.570. The molecule has 0 aliphatic rings. The number of carboxylic acid groups (broad SMARTS) is 1. The molecule has 0 aromatic heterocycles. The van der Waals surface area contributed by atoms with E-state index in [1.54, 1.807) is 6.92 Å². The average Bonchev–Trinajstić information content (AvgIpc) is 1.84. The first kappa shape index (κ1) is 14.9. The van der Waals surface area contributed by atoms with Crippen molar-refractivity contribution >= 4 is 5.97 Å². The number of quaternary nitrogens is 1. The molecule has 13 heavy (non-hydrogen) atoms. The number of carboxylic acids is 1. The van der Waals surface area contributed by atoms with Crippen molar-refractivity contribution in [3.05, 3.63) is 0 Å². The van der Waals surface area contributed by atoms with Crippen molar-refractivity contribution in [2.24, 2.45) is 0 Å². The highest BCUT2D eigenvalue weighted by molar-refractivity contribution is 5.63. The molecular weight excluding hydrogens is 166 g/mol. The number of rotatable bonds is 4. The third kappa shape index (κ3) is 24.6. The van der Waals surface area contributed by atoms with Gasteiger partial charge in [0.05, 0.1) is 27.7 Å². The SMILES string of the molecule is CCCC(=O)[O-].CCC[N+](C)(C)C. The van der Waals surface area contributed by atoms with Crippen molar-refractivity contribution in [2.75, 3.05) is 27.7 Å². The van der Waals surface area contributed by atoms with Gasteiger partial charge < -0.3 is 14.4 Å². The molecule has 0 aromatic carbocycles. The van der Waals surface area contributed by atoms with Crippen LogP contribution in [0.25, 0.3) is 0 Å². The van der Waals surface area contributed by atoms with Gasteiger partial charge in [-0.25, -0.2) is 0 Å². The minimum atomic E-state index is -0.961. The predicted octanol–water partition coefficient (Wildman–Crippen LogP) is 0.639. The van der Waals surface area contributed by atoms with Crippen molar-refractivity contribution in [3.8, 4) is 0 Å². The number of nitrogens with zero attached hydrogens (tertiary/aromatic N) is 1. The molecule has 0 aliphatic heterocycles. The molecule has 0 atom stereocenters. The zero-order chi connectivity index (χ0) is 10.9. The summed E-state index contributed by atoms with van der Waals surface area (Å²) in [5.41, 5.74) is 0. The van der Waals surface area contributed by atoms with E-state index < -0.39 is 5.97 Å². The van der Waals surface area contributed by atoms with Crippen molar-refractivity contribution in [1.82, 2.24) is 0 Å². The maximum atomic E-state index is 9.49. The fourth-order valence-corrected chi connectivity index (χ4v) is 0.875. The first-order valence-corrected chi connectivity index (χ1v) is 4.83. The van der Waals surface area contributed by atoms with Gasteiger partial charge >= 0.3 is 0 Å². The van der Waals surface area contributed by atoms with Crippen molar-refractivity contribution < 1.29 is 14.4 Å². The van der Waals surface area contributed by atoms with Gasteiger partial charge in [-0.1, -0.05) is 20.3 Å². The summed E-state index contributed by atoms with van der Waals surface area (Å²) in [6.45, 7) is 5.29. The summed E-state index contributed by atoms with van der Waals surface area (Å²) in [6.07, 6.45) is 2.13. The molecule has 3 heteroatoms. The molecule has 0 amide bonds. The third-order valence-electron chi connectivity index (χ3n) is 1.35. The molecule has 0 aromatic rings. The molecule has 0 saturated heterocycles. The molecule has 0 radical (unpaired) electrons. The van der Waals surface area contributed by atoms with Gasteiger partial charge in [0.25, 0.3) is 0 Å². The zero-order valence-electron chi connectivity index (χ0n) is 9.59. The molecule has 0 aliphatic carbocycles. The number of hydrogen-bond donors (Lipinski definition) is 0. The largest absolute Gasteiger partial charge is 0.550 e. The van der Waals surface area contributed by atoms with Gasteiger partial charge in [-0.15, -0.1) is 0 Å². The fourth-order valence-electron chi connectivity index (χ4n) is 0.875. The smallest absolute Gasteiger partial charge is 0.0777 e. The van der Waals surface area contributed by atoms with E-state index in [9.17, 15) is 9.90 Å². The molecule has 0 bridgehead atoms. The summed E-state index contributed by atoms with van der Waals surface area (Å²) in [4.78, 5) is 9.49. The number of carbonyl (C=O) groups is 1. The Bertz CT molecular complexity index is 127. The number of hydrogen-bond acceptors (Lipinski definition) is 2. The van der Waals surface area contributed by atoms with E-state index in [1.807, 2.05) is 0 Å². The summed E-state index contributed by atoms with van der Waals surface area (Å²) in [6, 6.07) is 0. The highest BCUT2D eigenvalue weighted by Crippen LogP contribution is 1.90. The lowest BCUT2D eigenvalue weighted by atomic mass is 10.4. The molecule has 0 fully saturated rings. The first-order valence-electron chi connectivity index (χ1n) is 4.83. The maximum Gasteiger partial charge on any atom is 0.0777 e. The Morgan fingerprint density at radius 1 is 1.15 bits per heavy atom. The van der Waals surface area contributed by atoms with Crippen LogP contribution in [0.3, 0.4) is 0 Å². The van der Waals surface area contributed by atoms with Crippen LogP contribution in [0.5, 0.6) is 0 Å². The minimum absolute atomic E-state index is 0.181. The Morgan fingerprint density at radius 3 is 1.62 bits per heavy atom. The second-order valence-corrected chi connectivity index (χ2v) is 4.14. The molecule has 0 spiro atoms. The van der Waals surface area contributed by atoms with Crippen molar-refractivity contribution in [1.29, 1.82) is 0 Å². The quantitative estimate of drug-likeness (QED) is 0.609. The zero-order valence-corrected chi connectivity index (χ0v) is 9.59. The van der Waals surface area contributed by atoms with Crippen LogP contribution in [0.15, 0.2) is 0 Å². The fraction of sp³-hybridized carbons (Fsp3) is 0.900. The van der Waals surface area contributed by atoms with Crippen LogP contribution in [-0.4, -0.2) is 38.1 Å². The standard InChI is InChI=1S/C6H16N.C4H8O2/c1-5-6-7(2,3)4;1-2-3-4(5)6/h5-6H2,1-4H3;2-3H2,1H3,(H,5,6)/q+1;/p-1. The number of carbonyl (C=O) groups excluding carboxylic acids is 1. The van der Waals surface area contributed by atoms with Gasteiger partial charge in [0.15, 0.2) is 0 Å². The van der Waals surface area contributed by atoms with E-state index >= 15 is 0 Å². The van der Waals surface area contributed by atoms with Gasteiger partial charge in [-0.05, 0) is 12.8 Å². The third-order valence-corrected chi connectivity index (χ3v) is 1.35. The molecule has 3 nitrogen and oxygen atoms in total. The molecule has 0 heterocycles. The van der Waals surface area contributed by atoms with Gasteiger partial charge in [-0.3, -0.25) is 0 Å². The Kier molecular flexibility index (Phi) is 9.24. The molecular formula is C10H23NO2. The molecule has 0 saturated carbocycles. The van der Waals surface area contributed by atoms with Crippen molar-refractivity contribution in [2.45, 2.75) is 33.1 Å². The molecule has 0 N–H and O–H groups in total. The van der Waals surface area contributed by atoms with Crippen LogP contribution >= 0.6 is 0 Å². The molecule has 0 rings (SSSR count). The highest BCUT2D eigenvalue weighted by Gasteiger charge is 2.01. The van der Waals surface area contributed by atoms with Gasteiger partial charge in [0.2, 0.25) is 0 Å². The van der Waals surface area contributed by atoms with Gasteiger partial charge in [0.1, 0.15) is 0 Å². The van der Waals surface area contributed by atoms with Crippen LogP contribution in [-0.2, 0) is 4.79 Å². The minimum Gasteiger partial charge on any atom is -0.550 e. The van der Waals surface area contributed by atoms with Gasteiger partial charge in [0, 0.05) is 5.97 Å². The summed E-state index contributed by atoms with van der Waals surface area (Å²) < 4.78 is 1.09. The summed E-state index contributed by atoms with van der Waals surface area (Å²) in [5, 5.41) is 9.49. The normalized spacial score (nSPS) is 10.2. The Labute approximate surface area is 82.0 Å². The van der Waals surface area contributed by atoms with E-state index in [0.29, 0.717) is 6.42 Å². The highest BCUT2D eigenvalue weighted by atomic mass is 16.4. The summed E-state index contributed by atoms with van der Waals surface area (Å²) >= 11 is 0. The molecule has 80 valence electrons. The van der Waals surface area contributed by atoms with E-state index in [4.69, 9.17) is 0 Å². The average molecular weight is 189 g/mol.